The van der Waals surface area contributed by atoms with Crippen LogP contribution in [0.4, 0.5) is 4.39 Å². The molecule has 2 rings (SSSR count). The summed E-state index contributed by atoms with van der Waals surface area (Å²) in [6.07, 6.45) is 2.62. The summed E-state index contributed by atoms with van der Waals surface area (Å²) in [7, 11) is 0. The molecule has 1 aromatic rings. The molecule has 0 aromatic heterocycles. The van der Waals surface area contributed by atoms with Gasteiger partial charge in [0.15, 0.2) is 0 Å². The molecule has 1 unspecified atom stereocenters. The quantitative estimate of drug-likeness (QED) is 0.614. The van der Waals surface area contributed by atoms with Crippen LogP contribution in [0.1, 0.15) is 38.7 Å². The lowest BCUT2D eigenvalue weighted by Gasteiger charge is -2.19. The lowest BCUT2D eigenvalue weighted by molar-refractivity contribution is -0.0326. The average molecular weight is 311 g/mol. The second kappa shape index (κ2) is 7.15. The molecule has 1 fully saturated rings. The van der Waals surface area contributed by atoms with Gasteiger partial charge in [-0.15, -0.1) is 11.6 Å². The summed E-state index contributed by atoms with van der Waals surface area (Å²) in [6.45, 7) is 4.57. The summed E-state index contributed by atoms with van der Waals surface area (Å²) in [5.41, 5.74) is 0.511. The first kappa shape index (κ1) is 16.1. The molecule has 0 amide bonds. The summed E-state index contributed by atoms with van der Waals surface area (Å²) in [5, 5.41) is 0. The van der Waals surface area contributed by atoms with Gasteiger partial charge in [-0.2, -0.15) is 0 Å². The molecule has 1 aliphatic heterocycles. The summed E-state index contributed by atoms with van der Waals surface area (Å²) < 4.78 is 25.1. The molecule has 0 saturated carbocycles. The van der Waals surface area contributed by atoms with Crippen LogP contribution < -0.4 is 4.74 Å². The lowest BCUT2D eigenvalue weighted by Crippen LogP contribution is -2.23. The van der Waals surface area contributed by atoms with Crippen molar-refractivity contribution in [3.63, 3.8) is 0 Å². The number of rotatable bonds is 4. The Bertz CT molecular complexity index is 545. The van der Waals surface area contributed by atoms with Crippen molar-refractivity contribution in [2.75, 3.05) is 12.5 Å². The van der Waals surface area contributed by atoms with Crippen LogP contribution in [0.3, 0.4) is 0 Å². The van der Waals surface area contributed by atoms with Crippen LogP contribution in [-0.2, 0) is 4.74 Å². The molecule has 2 nitrogen and oxygen atoms in total. The Morgan fingerprint density at radius 3 is 2.90 bits per heavy atom. The minimum Gasteiger partial charge on any atom is -0.491 e. The van der Waals surface area contributed by atoms with Crippen molar-refractivity contribution in [1.82, 2.24) is 0 Å². The maximum atomic E-state index is 13.6. The van der Waals surface area contributed by atoms with Crippen LogP contribution in [0.5, 0.6) is 5.75 Å². The van der Waals surface area contributed by atoms with Crippen molar-refractivity contribution in [2.45, 2.75) is 44.8 Å². The second-order valence-corrected chi connectivity index (χ2v) is 6.14. The summed E-state index contributed by atoms with van der Waals surface area (Å²) in [5.74, 6) is 6.37. The van der Waals surface area contributed by atoms with Crippen molar-refractivity contribution in [2.24, 2.45) is 0 Å². The molecule has 0 N–H and O–H groups in total. The van der Waals surface area contributed by atoms with Gasteiger partial charge in [-0.25, -0.2) is 4.39 Å². The minimum absolute atomic E-state index is 0.0639. The third-order valence-corrected chi connectivity index (χ3v) is 3.50. The van der Waals surface area contributed by atoms with Gasteiger partial charge in [0, 0.05) is 23.9 Å². The highest BCUT2D eigenvalue weighted by Crippen LogP contribution is 2.29. The molecular weight excluding hydrogens is 291 g/mol. The topological polar surface area (TPSA) is 18.5 Å². The van der Waals surface area contributed by atoms with Gasteiger partial charge in [0.05, 0.1) is 11.7 Å². The Kier molecular flexibility index (Phi) is 5.50. The van der Waals surface area contributed by atoms with Crippen molar-refractivity contribution < 1.29 is 13.9 Å². The van der Waals surface area contributed by atoms with Crippen molar-refractivity contribution in [1.29, 1.82) is 0 Å². The monoisotopic (exact) mass is 310 g/mol. The van der Waals surface area contributed by atoms with Gasteiger partial charge >= 0.3 is 0 Å². The number of benzene rings is 1. The van der Waals surface area contributed by atoms with Gasteiger partial charge in [0.25, 0.3) is 0 Å². The molecule has 114 valence electrons. The van der Waals surface area contributed by atoms with E-state index in [1.165, 1.54) is 12.1 Å². The fourth-order valence-corrected chi connectivity index (χ4v) is 2.41. The molecular formula is C17H20ClFO2. The van der Waals surface area contributed by atoms with Crippen molar-refractivity contribution >= 4 is 11.6 Å². The summed E-state index contributed by atoms with van der Waals surface area (Å²) in [4.78, 5) is 0. The number of halogens is 2. The van der Waals surface area contributed by atoms with Crippen LogP contribution in [-0.4, -0.2) is 24.2 Å². The molecule has 0 bridgehead atoms. The molecule has 1 aromatic carbocycles. The maximum absolute atomic E-state index is 13.6. The Morgan fingerprint density at radius 1 is 1.43 bits per heavy atom. The predicted octanol–water partition coefficient (Wildman–Crippen LogP) is 4.14. The second-order valence-electron chi connectivity index (χ2n) is 5.77. The molecule has 1 aliphatic rings. The van der Waals surface area contributed by atoms with Crippen molar-refractivity contribution in [3.8, 4) is 17.6 Å². The van der Waals surface area contributed by atoms with E-state index in [1.54, 1.807) is 6.07 Å². The molecule has 21 heavy (non-hydrogen) atoms. The number of hydrogen-bond donors (Lipinski definition) is 0. The fraction of sp³-hybridized carbons (Fsp3) is 0.529. The van der Waals surface area contributed by atoms with E-state index in [4.69, 9.17) is 21.1 Å². The van der Waals surface area contributed by atoms with Crippen LogP contribution in [0, 0.1) is 17.7 Å². The van der Waals surface area contributed by atoms with Crippen LogP contribution >= 0.6 is 11.6 Å². The number of ether oxygens (including phenoxy) is 2. The third-order valence-electron chi connectivity index (χ3n) is 3.31. The predicted molar refractivity (Wildman–Crippen MR) is 82.3 cm³/mol. The zero-order valence-electron chi connectivity index (χ0n) is 12.4. The van der Waals surface area contributed by atoms with Gasteiger partial charge in [0.1, 0.15) is 18.2 Å². The smallest absolute Gasteiger partial charge is 0.128 e. The van der Waals surface area contributed by atoms with Crippen LogP contribution in [0.15, 0.2) is 18.2 Å². The normalized spacial score (nSPS) is 19.9. The number of alkyl halides is 1. The third kappa shape index (κ3) is 5.22. The molecule has 0 spiro atoms. The zero-order valence-corrected chi connectivity index (χ0v) is 13.2. The van der Waals surface area contributed by atoms with E-state index in [-0.39, 0.29) is 17.5 Å². The maximum Gasteiger partial charge on any atom is 0.128 e. The highest BCUT2D eigenvalue weighted by atomic mass is 35.5. The van der Waals surface area contributed by atoms with E-state index < -0.39 is 0 Å². The lowest BCUT2D eigenvalue weighted by atomic mass is 10.1. The Hall–Kier alpha value is -1.24. The van der Waals surface area contributed by atoms with Crippen LogP contribution in [0.25, 0.3) is 0 Å². The largest absolute Gasteiger partial charge is 0.491 e. The molecule has 0 aliphatic carbocycles. The molecule has 0 radical (unpaired) electrons. The van der Waals surface area contributed by atoms with Gasteiger partial charge in [-0.05, 0) is 38.8 Å². The first-order chi connectivity index (χ1) is 9.98. The highest BCUT2D eigenvalue weighted by molar-refractivity contribution is 6.18. The first-order valence-electron chi connectivity index (χ1n) is 7.14. The molecule has 1 saturated heterocycles. The van der Waals surface area contributed by atoms with Gasteiger partial charge in [-0.3, -0.25) is 0 Å². The fourth-order valence-electron chi connectivity index (χ4n) is 2.31. The van der Waals surface area contributed by atoms with E-state index in [0.717, 1.165) is 12.8 Å². The van der Waals surface area contributed by atoms with E-state index in [2.05, 4.69) is 25.7 Å². The average Bonchev–Trinajstić information content (AvgIpc) is 2.76. The van der Waals surface area contributed by atoms with Gasteiger partial charge in [-0.1, -0.05) is 11.8 Å². The Labute approximate surface area is 130 Å². The molecule has 4 heteroatoms. The number of hydrogen-bond acceptors (Lipinski definition) is 2. The van der Waals surface area contributed by atoms with Gasteiger partial charge < -0.3 is 9.47 Å². The SMILES string of the molecule is CC1(C)CCC(COc2cc(F)cc(C#CCCCl)c2)O1. The zero-order chi connectivity index (χ0) is 15.3. The standard InChI is InChI=1S/C17H20ClFO2/c1-17(2)7-6-15(21-17)12-20-16-10-13(5-3-4-8-18)9-14(19)11-16/h9-11,15H,4,6-8,12H2,1-2H3. The summed E-state index contributed by atoms with van der Waals surface area (Å²) in [6, 6.07) is 4.50. The Morgan fingerprint density at radius 2 is 2.24 bits per heavy atom. The van der Waals surface area contributed by atoms with E-state index in [1.807, 2.05) is 0 Å². The van der Waals surface area contributed by atoms with E-state index in [9.17, 15) is 4.39 Å². The van der Waals surface area contributed by atoms with E-state index >= 15 is 0 Å². The highest BCUT2D eigenvalue weighted by Gasteiger charge is 2.31. The van der Waals surface area contributed by atoms with Gasteiger partial charge in [0.2, 0.25) is 0 Å². The van der Waals surface area contributed by atoms with Crippen LogP contribution in [0.2, 0.25) is 0 Å². The first-order valence-corrected chi connectivity index (χ1v) is 7.68. The van der Waals surface area contributed by atoms with E-state index in [0.29, 0.717) is 30.2 Å². The summed E-state index contributed by atoms with van der Waals surface area (Å²) >= 11 is 5.56. The molecule has 1 heterocycles. The van der Waals surface area contributed by atoms with Crippen molar-refractivity contribution in [3.05, 3.63) is 29.6 Å². The molecule has 1 atom stereocenters. The Balaban J connectivity index is 1.96. The minimum atomic E-state index is -0.352.